The molecule has 0 spiro atoms. The molecule has 28 heavy (non-hydrogen) atoms. The molecule has 1 aromatic carbocycles. The number of nitriles is 1. The second-order valence-corrected chi connectivity index (χ2v) is 6.85. The first-order valence-electron chi connectivity index (χ1n) is 8.81. The molecule has 1 fully saturated rings. The maximum atomic E-state index is 14.6. The third-order valence-electron chi connectivity index (χ3n) is 4.67. The van der Waals surface area contributed by atoms with E-state index in [-0.39, 0.29) is 34.7 Å². The maximum Gasteiger partial charge on any atom is 0.297 e. The van der Waals surface area contributed by atoms with Crippen LogP contribution in [0.3, 0.4) is 0 Å². The van der Waals surface area contributed by atoms with Crippen LogP contribution in [0.15, 0.2) is 22.6 Å². The Kier molecular flexibility index (Phi) is 4.58. The number of hydrogen-bond acceptors (Lipinski definition) is 8. The summed E-state index contributed by atoms with van der Waals surface area (Å²) in [5.41, 5.74) is 1.38. The number of benzene rings is 1. The first kappa shape index (κ1) is 18.2. The number of nitrogens with zero attached hydrogens (tertiary/aromatic N) is 3. The van der Waals surface area contributed by atoms with Crippen LogP contribution in [0.5, 0.6) is 5.75 Å². The number of aromatic hydroxyl groups is 1. The molecule has 0 saturated carbocycles. The summed E-state index contributed by atoms with van der Waals surface area (Å²) in [4.78, 5) is 8.52. The molecule has 144 valence electrons. The van der Waals surface area contributed by atoms with Crippen LogP contribution < -0.4 is 10.6 Å². The van der Waals surface area contributed by atoms with Crippen LogP contribution in [-0.4, -0.2) is 45.4 Å². The van der Waals surface area contributed by atoms with E-state index < -0.39 is 11.9 Å². The Morgan fingerprint density at radius 1 is 1.32 bits per heavy atom. The van der Waals surface area contributed by atoms with Crippen molar-refractivity contribution in [3.05, 3.63) is 35.1 Å². The molecule has 0 radical (unpaired) electrons. The predicted molar refractivity (Wildman–Crippen MR) is 99.2 cm³/mol. The fraction of sp³-hybridized carbons (Fsp3) is 0.316. The summed E-state index contributed by atoms with van der Waals surface area (Å²) in [5, 5.41) is 35.1. The fourth-order valence-corrected chi connectivity index (χ4v) is 3.44. The van der Waals surface area contributed by atoms with Crippen molar-refractivity contribution < 1.29 is 19.0 Å². The highest BCUT2D eigenvalue weighted by atomic mass is 19.1. The van der Waals surface area contributed by atoms with E-state index in [1.165, 1.54) is 6.07 Å². The topological polar surface area (TPSA) is 127 Å². The number of pyridine rings is 1. The summed E-state index contributed by atoms with van der Waals surface area (Å²) in [6, 6.07) is 6.03. The minimum Gasteiger partial charge on any atom is -0.507 e. The zero-order chi connectivity index (χ0) is 19.8. The van der Waals surface area contributed by atoms with Crippen molar-refractivity contribution in [1.82, 2.24) is 15.3 Å². The van der Waals surface area contributed by atoms with Gasteiger partial charge in [-0.1, -0.05) is 0 Å². The van der Waals surface area contributed by atoms with Crippen LogP contribution in [0.4, 0.5) is 10.4 Å². The Balaban J connectivity index is 1.70. The van der Waals surface area contributed by atoms with Crippen LogP contribution in [0, 0.1) is 24.1 Å². The van der Waals surface area contributed by atoms with Gasteiger partial charge in [0.1, 0.15) is 5.75 Å². The molecule has 2 aromatic heterocycles. The zero-order valence-corrected chi connectivity index (χ0v) is 15.0. The molecule has 4 rings (SSSR count). The molecule has 3 heterocycles. The molecular formula is C19H18FN5O3. The van der Waals surface area contributed by atoms with E-state index in [1.807, 2.05) is 6.07 Å². The van der Waals surface area contributed by atoms with Crippen molar-refractivity contribution in [3.8, 4) is 23.1 Å². The highest BCUT2D eigenvalue weighted by Gasteiger charge is 2.23. The molecular weight excluding hydrogens is 365 g/mol. The lowest BCUT2D eigenvalue weighted by molar-refractivity contribution is 0.136. The molecule has 3 aromatic rings. The standard InChI is InChI=1S/C19H18FN5O3/c1-9-2-10(6-21)3-15(27)16(9)14-5-13(20)17-18(24-14)25-19(28-17)23-11-4-12(26)8-22-7-11/h2-3,5,11-12,22,26-27H,4,7-8H2,1H3,(H,23,24,25)/t11-,12+/m1/s1. The molecule has 1 aliphatic heterocycles. The minimum absolute atomic E-state index is 0.0602. The Morgan fingerprint density at radius 3 is 2.86 bits per heavy atom. The van der Waals surface area contributed by atoms with Gasteiger partial charge < -0.3 is 25.3 Å². The van der Waals surface area contributed by atoms with Crippen molar-refractivity contribution in [3.63, 3.8) is 0 Å². The molecule has 1 aliphatic rings. The van der Waals surface area contributed by atoms with Gasteiger partial charge in [-0.25, -0.2) is 9.37 Å². The van der Waals surface area contributed by atoms with Crippen LogP contribution in [-0.2, 0) is 0 Å². The third kappa shape index (κ3) is 3.35. The van der Waals surface area contributed by atoms with Gasteiger partial charge in [0.15, 0.2) is 5.82 Å². The van der Waals surface area contributed by atoms with Gasteiger partial charge in [0.05, 0.1) is 23.4 Å². The average molecular weight is 383 g/mol. The van der Waals surface area contributed by atoms with Crippen LogP contribution in [0.2, 0.25) is 0 Å². The first-order valence-corrected chi connectivity index (χ1v) is 8.81. The third-order valence-corrected chi connectivity index (χ3v) is 4.67. The summed E-state index contributed by atoms with van der Waals surface area (Å²) < 4.78 is 20.1. The lowest BCUT2D eigenvalue weighted by Gasteiger charge is -2.26. The normalized spacial score (nSPS) is 19.5. The summed E-state index contributed by atoms with van der Waals surface area (Å²) in [6.07, 6.45) is 0.0463. The van der Waals surface area contributed by atoms with Gasteiger partial charge in [-0.3, -0.25) is 0 Å². The van der Waals surface area contributed by atoms with Crippen molar-refractivity contribution in [1.29, 1.82) is 5.26 Å². The number of nitrogens with one attached hydrogen (secondary N) is 2. The van der Waals surface area contributed by atoms with Gasteiger partial charge in [0.25, 0.3) is 6.01 Å². The monoisotopic (exact) mass is 383 g/mol. The van der Waals surface area contributed by atoms with Crippen LogP contribution in [0.25, 0.3) is 22.5 Å². The number of hydrogen-bond donors (Lipinski definition) is 4. The Labute approximate surface area is 159 Å². The van der Waals surface area contributed by atoms with Gasteiger partial charge in [-0.05, 0) is 31.0 Å². The maximum absolute atomic E-state index is 14.6. The largest absolute Gasteiger partial charge is 0.507 e. The number of aliphatic hydroxyl groups excluding tert-OH is 1. The molecule has 4 N–H and O–H groups in total. The van der Waals surface area contributed by atoms with E-state index in [2.05, 4.69) is 20.6 Å². The average Bonchev–Trinajstić information content (AvgIpc) is 3.04. The number of anilines is 1. The Morgan fingerprint density at radius 2 is 2.14 bits per heavy atom. The lowest BCUT2D eigenvalue weighted by Crippen LogP contribution is -2.45. The number of aromatic nitrogens is 2. The van der Waals surface area contributed by atoms with Crippen molar-refractivity contribution >= 4 is 17.2 Å². The van der Waals surface area contributed by atoms with E-state index in [9.17, 15) is 14.6 Å². The number of rotatable bonds is 3. The van der Waals surface area contributed by atoms with Crippen molar-refractivity contribution in [2.75, 3.05) is 18.4 Å². The second-order valence-electron chi connectivity index (χ2n) is 6.85. The molecule has 0 amide bonds. The van der Waals surface area contributed by atoms with Gasteiger partial charge in [-0.2, -0.15) is 10.2 Å². The van der Waals surface area contributed by atoms with Crippen LogP contribution >= 0.6 is 0 Å². The summed E-state index contributed by atoms with van der Waals surface area (Å²) in [7, 11) is 0. The molecule has 8 nitrogen and oxygen atoms in total. The number of phenols is 1. The number of halogens is 1. The lowest BCUT2D eigenvalue weighted by atomic mass is 10.0. The van der Waals surface area contributed by atoms with Crippen molar-refractivity contribution in [2.45, 2.75) is 25.5 Å². The minimum atomic E-state index is -0.662. The second kappa shape index (κ2) is 7.07. The highest BCUT2D eigenvalue weighted by molar-refractivity contribution is 5.79. The number of fused-ring (bicyclic) bond motifs is 1. The number of β-amino-alcohol motifs (C(OH)–C–C–N with tert-alkyl or cyclic N) is 1. The van der Waals surface area contributed by atoms with Crippen molar-refractivity contribution in [2.24, 2.45) is 0 Å². The fourth-order valence-electron chi connectivity index (χ4n) is 3.44. The van der Waals surface area contributed by atoms with Gasteiger partial charge in [-0.15, -0.1) is 0 Å². The molecule has 0 bridgehead atoms. The molecule has 0 unspecified atom stereocenters. The SMILES string of the molecule is Cc1cc(C#N)cc(O)c1-c1cc(F)c2oc(N[C@H]3CNC[C@@H](O)C3)nc2n1. The highest BCUT2D eigenvalue weighted by Crippen LogP contribution is 2.34. The van der Waals surface area contributed by atoms with Gasteiger partial charge in [0, 0.05) is 30.8 Å². The number of aliphatic hydroxyl groups is 1. The number of piperidine rings is 1. The zero-order valence-electron chi connectivity index (χ0n) is 15.0. The molecule has 9 heteroatoms. The summed E-state index contributed by atoms with van der Waals surface area (Å²) in [5.74, 6) is -0.822. The summed E-state index contributed by atoms with van der Waals surface area (Å²) in [6.45, 7) is 2.85. The van der Waals surface area contributed by atoms with Crippen LogP contribution in [0.1, 0.15) is 17.5 Å². The smallest absolute Gasteiger partial charge is 0.297 e. The quantitative estimate of drug-likeness (QED) is 0.541. The van der Waals surface area contributed by atoms with E-state index in [0.29, 0.717) is 36.2 Å². The predicted octanol–water partition coefficient (Wildman–Crippen LogP) is 2.05. The molecule has 1 saturated heterocycles. The molecule has 2 atom stereocenters. The van der Waals surface area contributed by atoms with E-state index in [0.717, 1.165) is 6.07 Å². The molecule has 0 aliphatic carbocycles. The Hall–Kier alpha value is -3.22. The van der Waals surface area contributed by atoms with Gasteiger partial charge in [0.2, 0.25) is 11.2 Å². The Bertz CT molecular complexity index is 1070. The number of oxazole rings is 1. The van der Waals surface area contributed by atoms with E-state index >= 15 is 0 Å². The van der Waals surface area contributed by atoms with E-state index in [1.54, 1.807) is 13.0 Å². The number of aryl methyl sites for hydroxylation is 1. The number of phenolic OH excluding ortho intramolecular Hbond substituents is 1. The first-order chi connectivity index (χ1) is 13.4. The van der Waals surface area contributed by atoms with E-state index in [4.69, 9.17) is 9.68 Å². The summed E-state index contributed by atoms with van der Waals surface area (Å²) >= 11 is 0. The van der Waals surface area contributed by atoms with Gasteiger partial charge >= 0.3 is 0 Å².